The zero-order chi connectivity index (χ0) is 15.4. The van der Waals surface area contributed by atoms with Gasteiger partial charge in [-0.15, -0.1) is 0 Å². The van der Waals surface area contributed by atoms with Crippen molar-refractivity contribution >= 4 is 5.91 Å². The molecule has 0 aromatic heterocycles. The Morgan fingerprint density at radius 3 is 2.14 bits per heavy atom. The Balaban J connectivity index is 2.60. The van der Waals surface area contributed by atoms with Crippen LogP contribution in [0, 0.1) is 0 Å². The molecule has 2 aromatic carbocycles. The van der Waals surface area contributed by atoms with Crippen LogP contribution in [0.2, 0.25) is 0 Å². The van der Waals surface area contributed by atoms with Gasteiger partial charge in [0.1, 0.15) is 11.5 Å². The van der Waals surface area contributed by atoms with Crippen molar-refractivity contribution in [1.29, 1.82) is 0 Å². The highest BCUT2D eigenvalue weighted by atomic mass is 16.5. The van der Waals surface area contributed by atoms with Gasteiger partial charge in [0.05, 0.1) is 14.2 Å². The van der Waals surface area contributed by atoms with E-state index in [9.17, 15) is 4.79 Å². The van der Waals surface area contributed by atoms with E-state index in [1.165, 1.54) is 0 Å². The van der Waals surface area contributed by atoms with E-state index >= 15 is 0 Å². The van der Waals surface area contributed by atoms with Gasteiger partial charge >= 0.3 is 0 Å². The molecule has 0 aliphatic carbocycles. The molecule has 0 unspecified atom stereocenters. The molecule has 2 rings (SSSR count). The van der Waals surface area contributed by atoms with Crippen molar-refractivity contribution in [2.75, 3.05) is 28.3 Å². The van der Waals surface area contributed by atoms with Gasteiger partial charge in [0.2, 0.25) is 0 Å². The summed E-state index contributed by atoms with van der Waals surface area (Å²) in [7, 11) is 6.70. The zero-order valence-electron chi connectivity index (χ0n) is 12.7. The van der Waals surface area contributed by atoms with Crippen LogP contribution in [0.1, 0.15) is 10.4 Å². The smallest absolute Gasteiger partial charge is 0.253 e. The van der Waals surface area contributed by atoms with Crippen LogP contribution >= 0.6 is 0 Å². The molecule has 0 spiro atoms. The first kappa shape index (κ1) is 14.9. The van der Waals surface area contributed by atoms with Gasteiger partial charge in [-0.05, 0) is 24.3 Å². The molecular formula is C17H19NO3. The summed E-state index contributed by atoms with van der Waals surface area (Å²) >= 11 is 0. The highest BCUT2D eigenvalue weighted by Crippen LogP contribution is 2.36. The molecule has 4 nitrogen and oxygen atoms in total. The largest absolute Gasteiger partial charge is 0.496 e. The van der Waals surface area contributed by atoms with Crippen molar-refractivity contribution in [2.24, 2.45) is 0 Å². The summed E-state index contributed by atoms with van der Waals surface area (Å²) in [6.07, 6.45) is 0. The van der Waals surface area contributed by atoms with Crippen LogP contribution in [0.25, 0.3) is 11.1 Å². The minimum Gasteiger partial charge on any atom is -0.496 e. The maximum Gasteiger partial charge on any atom is 0.253 e. The summed E-state index contributed by atoms with van der Waals surface area (Å²) in [6, 6.07) is 13.1. The molecule has 1 amide bonds. The quantitative estimate of drug-likeness (QED) is 0.866. The van der Waals surface area contributed by atoms with E-state index in [4.69, 9.17) is 9.47 Å². The van der Waals surface area contributed by atoms with E-state index < -0.39 is 0 Å². The topological polar surface area (TPSA) is 38.8 Å². The molecule has 2 aromatic rings. The number of hydrogen-bond donors (Lipinski definition) is 0. The molecule has 0 N–H and O–H groups in total. The molecule has 0 saturated heterocycles. The van der Waals surface area contributed by atoms with Crippen LogP contribution in [0.5, 0.6) is 11.5 Å². The Bertz CT molecular complexity index is 650. The predicted molar refractivity (Wildman–Crippen MR) is 83.0 cm³/mol. The summed E-state index contributed by atoms with van der Waals surface area (Å²) in [5.74, 6) is 1.40. The van der Waals surface area contributed by atoms with Gasteiger partial charge in [-0.3, -0.25) is 4.79 Å². The molecule has 110 valence electrons. The molecule has 0 fully saturated rings. The maximum atomic E-state index is 12.1. The summed E-state index contributed by atoms with van der Waals surface area (Å²) in [5.41, 5.74) is 2.34. The Hall–Kier alpha value is -2.49. The van der Waals surface area contributed by atoms with E-state index in [0.29, 0.717) is 11.3 Å². The van der Waals surface area contributed by atoms with Crippen LogP contribution in [-0.2, 0) is 0 Å². The van der Waals surface area contributed by atoms with Crippen molar-refractivity contribution in [3.8, 4) is 22.6 Å². The van der Waals surface area contributed by atoms with Gasteiger partial charge in [-0.2, -0.15) is 0 Å². The second kappa shape index (κ2) is 6.31. The Morgan fingerprint density at radius 1 is 0.905 bits per heavy atom. The van der Waals surface area contributed by atoms with Crippen LogP contribution in [0.3, 0.4) is 0 Å². The molecule has 4 heteroatoms. The molecule has 0 heterocycles. The highest BCUT2D eigenvalue weighted by Gasteiger charge is 2.15. The van der Waals surface area contributed by atoms with E-state index in [1.807, 2.05) is 30.3 Å². The average molecular weight is 285 g/mol. The van der Waals surface area contributed by atoms with Crippen molar-refractivity contribution in [1.82, 2.24) is 4.90 Å². The van der Waals surface area contributed by atoms with Gasteiger partial charge < -0.3 is 14.4 Å². The fraction of sp³-hybridized carbons (Fsp3) is 0.235. The van der Waals surface area contributed by atoms with Crippen molar-refractivity contribution in [3.63, 3.8) is 0 Å². The SMILES string of the molecule is COc1ccccc1-c1cc(C(=O)N(C)C)ccc1OC. The zero-order valence-corrected chi connectivity index (χ0v) is 12.7. The number of amides is 1. The maximum absolute atomic E-state index is 12.1. The van der Waals surface area contributed by atoms with Gasteiger partial charge in [0, 0.05) is 30.8 Å². The van der Waals surface area contributed by atoms with Crippen LogP contribution in [0.4, 0.5) is 0 Å². The molecular weight excluding hydrogens is 266 g/mol. The third kappa shape index (κ3) is 2.99. The minimum atomic E-state index is -0.0474. The molecule has 0 aliphatic heterocycles. The number of ether oxygens (including phenoxy) is 2. The Labute approximate surface area is 124 Å². The lowest BCUT2D eigenvalue weighted by Crippen LogP contribution is -2.21. The third-order valence-electron chi connectivity index (χ3n) is 3.25. The number of rotatable bonds is 4. The van der Waals surface area contributed by atoms with Crippen molar-refractivity contribution < 1.29 is 14.3 Å². The normalized spacial score (nSPS) is 10.1. The lowest BCUT2D eigenvalue weighted by Gasteiger charge is -2.15. The van der Waals surface area contributed by atoms with E-state index in [-0.39, 0.29) is 5.91 Å². The number of benzene rings is 2. The molecule has 0 aliphatic rings. The number of carbonyl (C=O) groups is 1. The predicted octanol–water partition coefficient (Wildman–Crippen LogP) is 3.07. The monoisotopic (exact) mass is 285 g/mol. The highest BCUT2D eigenvalue weighted by molar-refractivity contribution is 5.96. The van der Waals surface area contributed by atoms with Crippen molar-refractivity contribution in [3.05, 3.63) is 48.0 Å². The number of carbonyl (C=O) groups excluding carboxylic acids is 1. The number of para-hydroxylation sites is 1. The lowest BCUT2D eigenvalue weighted by molar-refractivity contribution is 0.0827. The molecule has 0 atom stereocenters. The molecule has 21 heavy (non-hydrogen) atoms. The van der Waals surface area contributed by atoms with Crippen LogP contribution in [-0.4, -0.2) is 39.1 Å². The standard InChI is InChI=1S/C17H19NO3/c1-18(2)17(19)12-9-10-16(21-4)14(11-12)13-7-5-6-8-15(13)20-3/h5-11H,1-4H3. The summed E-state index contributed by atoms with van der Waals surface area (Å²) in [6.45, 7) is 0. The number of methoxy groups -OCH3 is 2. The molecule has 0 saturated carbocycles. The minimum absolute atomic E-state index is 0.0474. The number of hydrogen-bond acceptors (Lipinski definition) is 3. The Morgan fingerprint density at radius 2 is 1.52 bits per heavy atom. The molecule has 0 radical (unpaired) electrons. The summed E-state index contributed by atoms with van der Waals surface area (Å²) < 4.78 is 10.8. The fourth-order valence-electron chi connectivity index (χ4n) is 2.18. The summed E-state index contributed by atoms with van der Waals surface area (Å²) in [5, 5.41) is 0. The first-order valence-corrected chi connectivity index (χ1v) is 6.61. The first-order chi connectivity index (χ1) is 10.1. The average Bonchev–Trinajstić information content (AvgIpc) is 2.53. The number of nitrogens with zero attached hydrogens (tertiary/aromatic N) is 1. The van der Waals surface area contributed by atoms with E-state index in [1.54, 1.807) is 45.3 Å². The Kier molecular flexibility index (Phi) is 4.48. The summed E-state index contributed by atoms with van der Waals surface area (Å²) in [4.78, 5) is 13.7. The van der Waals surface area contributed by atoms with Crippen LogP contribution in [0.15, 0.2) is 42.5 Å². The van der Waals surface area contributed by atoms with Gasteiger partial charge in [-0.1, -0.05) is 18.2 Å². The van der Waals surface area contributed by atoms with Crippen LogP contribution < -0.4 is 9.47 Å². The van der Waals surface area contributed by atoms with Crippen molar-refractivity contribution in [2.45, 2.75) is 0 Å². The molecule has 0 bridgehead atoms. The van der Waals surface area contributed by atoms with Gasteiger partial charge in [0.15, 0.2) is 0 Å². The van der Waals surface area contributed by atoms with E-state index in [2.05, 4.69) is 0 Å². The fourth-order valence-corrected chi connectivity index (χ4v) is 2.18. The second-order valence-electron chi connectivity index (χ2n) is 4.81. The van der Waals surface area contributed by atoms with E-state index in [0.717, 1.165) is 16.9 Å². The lowest BCUT2D eigenvalue weighted by atomic mass is 10.0. The van der Waals surface area contributed by atoms with Gasteiger partial charge in [-0.25, -0.2) is 0 Å². The second-order valence-corrected chi connectivity index (χ2v) is 4.81. The van der Waals surface area contributed by atoms with Gasteiger partial charge in [0.25, 0.3) is 5.91 Å². The first-order valence-electron chi connectivity index (χ1n) is 6.61. The third-order valence-corrected chi connectivity index (χ3v) is 3.25.